The molecular weight excluding hydrogens is 1150 g/mol. The lowest BCUT2D eigenvalue weighted by molar-refractivity contribution is 0.290. The Morgan fingerprint density at radius 2 is 0.556 bits per heavy atom. The smallest absolute Gasteiger partial charge is 0.305 e. The van der Waals surface area contributed by atoms with Gasteiger partial charge in [-0.25, -0.2) is 13.8 Å². The van der Waals surface area contributed by atoms with Gasteiger partial charge in [-0.15, -0.1) is 0 Å². The van der Waals surface area contributed by atoms with E-state index in [0.717, 1.165) is 6.42 Å². The van der Waals surface area contributed by atoms with Gasteiger partial charge in [0.25, 0.3) is 0 Å². The van der Waals surface area contributed by atoms with Crippen LogP contribution in [0, 0.1) is 5.41 Å². The Morgan fingerprint density at radius 3 is 0.679 bits per heavy atom. The number of hydrogen-bond acceptors (Lipinski definition) is 3. The Balaban J connectivity index is -0.0000000923. The highest BCUT2D eigenvalue weighted by atomic mass is 31.3. The molecule has 0 aromatic carbocycles. The summed E-state index contributed by atoms with van der Waals surface area (Å²) in [6, 6.07) is 0. The molecule has 0 saturated heterocycles. The molecule has 0 atom stereocenters. The van der Waals surface area contributed by atoms with E-state index in [-0.39, 0.29) is 90.9 Å². The van der Waals surface area contributed by atoms with E-state index in [2.05, 4.69) is 280 Å². The van der Waals surface area contributed by atoms with Gasteiger partial charge in [0.1, 0.15) is 14.9 Å². The predicted octanol–water partition coefficient (Wildman–Crippen LogP) is 19.1. The van der Waals surface area contributed by atoms with E-state index >= 15 is 0 Å². The molecule has 0 bridgehead atoms. The molecule has 0 aromatic heterocycles. The van der Waals surface area contributed by atoms with Crippen LogP contribution in [0.3, 0.4) is 0 Å². The zero-order valence-corrected chi connectivity index (χ0v) is 59.5. The van der Waals surface area contributed by atoms with E-state index in [1.807, 2.05) is 56.3 Å². The molecule has 0 N–H and O–H groups in total. The minimum absolute atomic E-state index is 0. The normalized spacial score (nSPS) is 12.8. The van der Waals surface area contributed by atoms with Gasteiger partial charge in [-0.1, -0.05) is 109 Å². The third kappa shape index (κ3) is 29.6. The molecule has 0 amide bonds. The van der Waals surface area contributed by atoms with Crippen molar-refractivity contribution in [2.45, 2.75) is 167 Å². The summed E-state index contributed by atoms with van der Waals surface area (Å²) in [5.41, 5.74) is -0.162. The topological polar surface area (TPSA) is 120 Å². The molecule has 81 heavy (non-hydrogen) atoms. The molecule has 28 heteroatoms. The third-order valence-corrected chi connectivity index (χ3v) is 36.4. The molecule has 0 heterocycles. The molecule has 20 nitrogen and oxygen atoms in total. The maximum Gasteiger partial charge on any atom is 0.305 e. The van der Waals surface area contributed by atoms with Gasteiger partial charge in [-0.05, 0) is 244 Å². The zero-order chi connectivity index (χ0) is 57.8. The van der Waals surface area contributed by atoms with E-state index < -0.39 is 59.5 Å². The molecule has 512 valence electrons. The summed E-state index contributed by atoms with van der Waals surface area (Å²) in [6.45, 7) is 22.4. The molecule has 0 aromatic rings. The fourth-order valence-corrected chi connectivity index (χ4v) is 37.0. The summed E-state index contributed by atoms with van der Waals surface area (Å²) in [5.74, 6) is 0. The Hall–Kier alpha value is 1.18. The number of nitrogens with zero attached hydrogens (tertiary/aromatic N) is 20. The Bertz CT molecular complexity index is 1690. The molecule has 0 fully saturated rings. The Morgan fingerprint density at radius 1 is 0.333 bits per heavy atom. The van der Waals surface area contributed by atoms with Crippen molar-refractivity contribution in [3.05, 3.63) is 0 Å². The van der Waals surface area contributed by atoms with Crippen LogP contribution in [0.5, 0.6) is 0 Å². The van der Waals surface area contributed by atoms with Gasteiger partial charge in [0, 0.05) is 5.66 Å². The molecule has 0 radical (unpaired) electrons. The van der Waals surface area contributed by atoms with Crippen LogP contribution in [0.2, 0.25) is 0 Å². The molecule has 0 saturated carbocycles. The number of rotatable bonds is 21. The van der Waals surface area contributed by atoms with Crippen molar-refractivity contribution in [2.24, 2.45) is 33.0 Å². The highest BCUT2D eigenvalue weighted by Gasteiger charge is 2.43. The molecule has 0 spiro atoms. The summed E-state index contributed by atoms with van der Waals surface area (Å²) in [5, 5.41) is 0. The van der Waals surface area contributed by atoms with Crippen molar-refractivity contribution in [3.63, 3.8) is 0 Å². The van der Waals surface area contributed by atoms with E-state index in [9.17, 15) is 4.20 Å². The van der Waals surface area contributed by atoms with Gasteiger partial charge >= 0.3 is 7.51 Å². The molecular formula is C53H157FN20P7-. The second-order valence-corrected chi connectivity index (χ2v) is 45.8. The van der Waals surface area contributed by atoms with E-state index in [4.69, 9.17) is 23.0 Å². The molecule has 0 aliphatic carbocycles. The van der Waals surface area contributed by atoms with Crippen LogP contribution in [-0.4, -0.2) is 279 Å². The van der Waals surface area contributed by atoms with Crippen LogP contribution in [0.1, 0.15) is 150 Å². The standard InChI is InChI=1S/C27H72N12P4.C10H27N4P.C6H18FN4P2.10CH4/c1-25(2)40(32(8)9,33(10)11)29-41(28-27(6,7)24-26(3,4)5,30-42(34(12)13,35(14)15)36(16)17)31-43(37(18)19,38(20)21)39(22)23;1-10(2,3)11-15(12(4)5,13(6)7)14(8)9;1-9(2)13(8-12-7,10(3)4)11(5)6;;;;;;;;;;/h25H,24H2,1-23H3;1-9H3;1-6H3;10*1H4/q;;-1;;;;;;;;;;. The SMILES string of the molecule is C.C.C.C.C.C.C.C.C.C.CC(C)P(=NP(=NC(C)(C)CC(C)(C)C)(N=P(N(C)C)(N(C)C)N(C)C)N=P(N(C)C)(N(C)C)N(C)C)(N(C)C)N(C)C.CN(C)P(=NC(C)(C)C)(N(C)C)N(C)C.CN(C)P(=N[P-]F)(N(C)C)N(C)C. The van der Waals surface area contributed by atoms with Gasteiger partial charge in [0.05, 0.1) is 11.1 Å². The lowest BCUT2D eigenvalue weighted by Gasteiger charge is -2.46. The van der Waals surface area contributed by atoms with Gasteiger partial charge in [-0.2, -0.15) is 13.5 Å². The van der Waals surface area contributed by atoms with Crippen LogP contribution in [0.25, 0.3) is 0 Å². The first-order valence-electron chi connectivity index (χ1n) is 24.1. The lowest BCUT2D eigenvalue weighted by atomic mass is 9.82. The van der Waals surface area contributed by atoms with Crippen molar-refractivity contribution in [3.8, 4) is 0 Å². The molecule has 0 rings (SSSR count). The fourth-order valence-electron chi connectivity index (χ4n) is 9.58. The van der Waals surface area contributed by atoms with Crippen molar-refractivity contribution in [1.82, 2.24) is 65.4 Å². The maximum atomic E-state index is 12.3. The van der Waals surface area contributed by atoms with Crippen LogP contribution in [0.15, 0.2) is 27.6 Å². The Kier molecular flexibility index (Phi) is 62.3. The average Bonchev–Trinajstić information content (AvgIpc) is 3.13. The monoisotopic (exact) mass is 1310 g/mol. The first kappa shape index (κ1) is 113. The van der Waals surface area contributed by atoms with E-state index in [1.54, 1.807) is 0 Å². The highest BCUT2D eigenvalue weighted by molar-refractivity contribution is 7.81. The Labute approximate surface area is 518 Å². The highest BCUT2D eigenvalue weighted by Crippen LogP contribution is 2.79. The summed E-state index contributed by atoms with van der Waals surface area (Å²) >= 11 is 0. The van der Waals surface area contributed by atoms with Crippen molar-refractivity contribution < 1.29 is 4.20 Å². The fraction of sp³-hybridized carbons (Fsp3) is 1.00. The van der Waals surface area contributed by atoms with Gasteiger partial charge in [0.2, 0.25) is 0 Å². The molecule has 0 aliphatic rings. The predicted molar refractivity (Wildman–Crippen MR) is 396 cm³/mol. The van der Waals surface area contributed by atoms with Gasteiger partial charge < -0.3 is 8.71 Å². The van der Waals surface area contributed by atoms with Crippen molar-refractivity contribution in [2.75, 3.05) is 197 Å². The summed E-state index contributed by atoms with van der Waals surface area (Å²) in [7, 11) is 43.6. The van der Waals surface area contributed by atoms with Crippen LogP contribution < -0.4 is 0 Å². The van der Waals surface area contributed by atoms with E-state index in [1.165, 1.54) is 0 Å². The van der Waals surface area contributed by atoms with Crippen LogP contribution in [-0.2, 0) is 0 Å². The first-order chi connectivity index (χ1) is 31.5. The second kappa shape index (κ2) is 44.6. The lowest BCUT2D eigenvalue weighted by Crippen LogP contribution is -2.32. The quantitative estimate of drug-likeness (QED) is 0.101. The van der Waals surface area contributed by atoms with Gasteiger partial charge in [0.15, 0.2) is 22.5 Å². The minimum atomic E-state index is -3.24. The zero-order valence-electron chi connectivity index (χ0n) is 53.2. The first-order valence-corrected chi connectivity index (χ1v) is 34.5. The minimum Gasteiger partial charge on any atom is -0.441 e. The molecule has 0 aliphatic heterocycles. The van der Waals surface area contributed by atoms with Crippen molar-refractivity contribution >= 4 is 53.9 Å². The summed E-state index contributed by atoms with van der Waals surface area (Å²) in [4.78, 5) is 0. The summed E-state index contributed by atoms with van der Waals surface area (Å²) in [6.07, 6.45) is 0.883. The number of halogens is 1. The van der Waals surface area contributed by atoms with Crippen molar-refractivity contribution in [1.29, 1.82) is 0 Å². The van der Waals surface area contributed by atoms with Gasteiger partial charge in [-0.3, -0.25) is 70.1 Å². The molecule has 0 unspecified atom stereocenters. The van der Waals surface area contributed by atoms with Crippen LogP contribution >= 0.6 is 53.9 Å². The second-order valence-electron chi connectivity index (χ2n) is 23.6. The largest absolute Gasteiger partial charge is 0.441 e. The van der Waals surface area contributed by atoms with Crippen LogP contribution in [0.4, 0.5) is 4.20 Å². The third-order valence-electron chi connectivity index (χ3n) is 11.0. The average molecular weight is 1310 g/mol. The number of hydrogen-bond donors (Lipinski definition) is 0. The maximum absolute atomic E-state index is 12.3. The van der Waals surface area contributed by atoms with E-state index in [0.29, 0.717) is 0 Å². The summed E-state index contributed by atoms with van der Waals surface area (Å²) < 4.78 is 76.3.